The maximum absolute atomic E-state index is 4.62. The van der Waals surface area contributed by atoms with E-state index in [-0.39, 0.29) is 0 Å². The van der Waals surface area contributed by atoms with Gasteiger partial charge in [-0.3, -0.25) is 4.98 Å². The fraction of sp³-hybridized carbons (Fsp3) is 0.154. The van der Waals surface area contributed by atoms with Gasteiger partial charge in [0.1, 0.15) is 5.65 Å². The Kier molecular flexibility index (Phi) is 2.63. The maximum atomic E-state index is 4.62. The third kappa shape index (κ3) is 1.71. The zero-order chi connectivity index (χ0) is 12.7. The third-order valence-electron chi connectivity index (χ3n) is 2.89. The van der Waals surface area contributed by atoms with Crippen LogP contribution in [0.25, 0.3) is 22.4 Å². The monoisotopic (exact) mass is 302 g/mol. The summed E-state index contributed by atoms with van der Waals surface area (Å²) in [7, 11) is 1.98. The van der Waals surface area contributed by atoms with Crippen LogP contribution < -0.4 is 0 Å². The van der Waals surface area contributed by atoms with Crippen molar-refractivity contribution >= 4 is 27.0 Å². The Labute approximate surface area is 113 Å². The Morgan fingerprint density at radius 1 is 1.17 bits per heavy atom. The largest absolute Gasteiger partial charge is 0.334 e. The van der Waals surface area contributed by atoms with Gasteiger partial charge < -0.3 is 4.57 Å². The van der Waals surface area contributed by atoms with Gasteiger partial charge in [-0.05, 0) is 35.0 Å². The molecule has 3 aromatic heterocycles. The van der Waals surface area contributed by atoms with E-state index in [1.807, 2.05) is 36.9 Å². The summed E-state index contributed by atoms with van der Waals surface area (Å²) in [5.74, 6) is 0.733. The highest BCUT2D eigenvalue weighted by atomic mass is 79.9. The molecule has 3 aromatic rings. The molecule has 0 amide bonds. The fourth-order valence-corrected chi connectivity index (χ4v) is 2.79. The van der Waals surface area contributed by atoms with E-state index >= 15 is 0 Å². The molecule has 3 heterocycles. The van der Waals surface area contributed by atoms with E-state index < -0.39 is 0 Å². The van der Waals surface area contributed by atoms with Gasteiger partial charge in [-0.25, -0.2) is 9.97 Å². The molecule has 0 aliphatic carbocycles. The highest BCUT2D eigenvalue weighted by molar-refractivity contribution is 9.10. The standard InChI is InChI=1S/C13H11BrN4/c1-8-11-10(14)7-18(2)13(11)17-12(16-8)9-3-5-15-6-4-9/h3-7H,1-2H3. The van der Waals surface area contributed by atoms with Crippen LogP contribution in [0.5, 0.6) is 0 Å². The van der Waals surface area contributed by atoms with Gasteiger partial charge in [0.25, 0.3) is 0 Å². The predicted octanol–water partition coefficient (Wildman–Crippen LogP) is 3.10. The zero-order valence-corrected chi connectivity index (χ0v) is 11.6. The molecule has 0 spiro atoms. The molecular formula is C13H11BrN4. The summed E-state index contributed by atoms with van der Waals surface area (Å²) in [4.78, 5) is 13.2. The van der Waals surface area contributed by atoms with Gasteiger partial charge in [-0.15, -0.1) is 0 Å². The highest BCUT2D eigenvalue weighted by Crippen LogP contribution is 2.28. The summed E-state index contributed by atoms with van der Waals surface area (Å²) in [6.45, 7) is 2.00. The first-order valence-electron chi connectivity index (χ1n) is 5.56. The van der Waals surface area contributed by atoms with Crippen LogP contribution in [-0.4, -0.2) is 19.5 Å². The molecule has 90 valence electrons. The second kappa shape index (κ2) is 4.17. The van der Waals surface area contributed by atoms with Crippen LogP contribution in [0, 0.1) is 6.92 Å². The van der Waals surface area contributed by atoms with Gasteiger partial charge in [0.2, 0.25) is 0 Å². The molecule has 0 aromatic carbocycles. The number of halogens is 1. The molecule has 0 atom stereocenters. The number of fused-ring (bicyclic) bond motifs is 1. The summed E-state index contributed by atoms with van der Waals surface area (Å²) >= 11 is 3.54. The lowest BCUT2D eigenvalue weighted by atomic mass is 10.2. The van der Waals surface area contributed by atoms with Crippen LogP contribution in [0.15, 0.2) is 35.2 Å². The quantitative estimate of drug-likeness (QED) is 0.694. The summed E-state index contributed by atoms with van der Waals surface area (Å²) < 4.78 is 3.03. The molecular weight excluding hydrogens is 292 g/mol. The Morgan fingerprint density at radius 3 is 2.61 bits per heavy atom. The first kappa shape index (κ1) is 11.3. The molecule has 0 N–H and O–H groups in total. The van der Waals surface area contributed by atoms with Crippen LogP contribution >= 0.6 is 15.9 Å². The molecule has 18 heavy (non-hydrogen) atoms. The molecule has 0 radical (unpaired) electrons. The minimum atomic E-state index is 0.733. The van der Waals surface area contributed by atoms with Gasteiger partial charge in [0.05, 0.1) is 11.1 Å². The van der Waals surface area contributed by atoms with E-state index in [0.717, 1.165) is 32.6 Å². The topological polar surface area (TPSA) is 43.6 Å². The van der Waals surface area contributed by atoms with E-state index in [1.165, 1.54) is 0 Å². The minimum Gasteiger partial charge on any atom is -0.334 e. The number of hydrogen-bond donors (Lipinski definition) is 0. The summed E-state index contributed by atoms with van der Waals surface area (Å²) in [6, 6.07) is 3.83. The molecule has 3 rings (SSSR count). The average Bonchev–Trinajstić information content (AvgIpc) is 2.66. The normalized spacial score (nSPS) is 11.1. The number of nitrogens with zero attached hydrogens (tertiary/aromatic N) is 4. The SMILES string of the molecule is Cc1nc(-c2ccncc2)nc2c1c(Br)cn2C. The van der Waals surface area contributed by atoms with Crippen molar-refractivity contribution in [3.63, 3.8) is 0 Å². The molecule has 0 aliphatic heterocycles. The molecule has 4 nitrogen and oxygen atoms in total. The lowest BCUT2D eigenvalue weighted by Gasteiger charge is -2.04. The lowest BCUT2D eigenvalue weighted by molar-refractivity contribution is 0.941. The second-order valence-electron chi connectivity index (χ2n) is 4.16. The van der Waals surface area contributed by atoms with Crippen LogP contribution in [0.3, 0.4) is 0 Å². The smallest absolute Gasteiger partial charge is 0.161 e. The van der Waals surface area contributed by atoms with Crippen LogP contribution in [0.1, 0.15) is 5.69 Å². The zero-order valence-electron chi connectivity index (χ0n) is 10.1. The van der Waals surface area contributed by atoms with Crippen molar-refractivity contribution in [3.8, 4) is 11.4 Å². The van der Waals surface area contributed by atoms with Crippen molar-refractivity contribution in [2.45, 2.75) is 6.92 Å². The predicted molar refractivity (Wildman–Crippen MR) is 74.2 cm³/mol. The van der Waals surface area contributed by atoms with E-state index in [4.69, 9.17) is 0 Å². The van der Waals surface area contributed by atoms with Crippen LogP contribution in [0.4, 0.5) is 0 Å². The Hall–Kier alpha value is -1.75. The number of hydrogen-bond acceptors (Lipinski definition) is 3. The third-order valence-corrected chi connectivity index (χ3v) is 3.49. The van der Waals surface area contributed by atoms with E-state index in [0.29, 0.717) is 0 Å². The molecule has 0 saturated carbocycles. The molecule has 5 heteroatoms. The van der Waals surface area contributed by atoms with Crippen molar-refractivity contribution in [3.05, 3.63) is 40.9 Å². The van der Waals surface area contributed by atoms with E-state index in [2.05, 4.69) is 30.9 Å². The van der Waals surface area contributed by atoms with Gasteiger partial charge in [-0.1, -0.05) is 0 Å². The maximum Gasteiger partial charge on any atom is 0.161 e. The Morgan fingerprint density at radius 2 is 1.89 bits per heavy atom. The first-order chi connectivity index (χ1) is 8.66. The molecule has 0 fully saturated rings. The summed E-state index contributed by atoms with van der Waals surface area (Å²) in [5, 5.41) is 1.07. The summed E-state index contributed by atoms with van der Waals surface area (Å²) in [6.07, 6.45) is 5.50. The van der Waals surface area contributed by atoms with Crippen LogP contribution in [-0.2, 0) is 7.05 Å². The molecule has 0 unspecified atom stereocenters. The van der Waals surface area contributed by atoms with Crippen molar-refractivity contribution in [1.82, 2.24) is 19.5 Å². The Balaban J connectivity index is 2.31. The van der Waals surface area contributed by atoms with Gasteiger partial charge in [-0.2, -0.15) is 0 Å². The average molecular weight is 303 g/mol. The number of pyridine rings is 1. The van der Waals surface area contributed by atoms with E-state index in [1.54, 1.807) is 12.4 Å². The summed E-state index contributed by atoms with van der Waals surface area (Å²) in [5.41, 5.74) is 2.88. The van der Waals surface area contributed by atoms with Crippen LogP contribution in [0.2, 0.25) is 0 Å². The van der Waals surface area contributed by atoms with Crippen molar-refractivity contribution in [2.24, 2.45) is 7.05 Å². The van der Waals surface area contributed by atoms with Crippen molar-refractivity contribution < 1.29 is 0 Å². The van der Waals surface area contributed by atoms with Gasteiger partial charge in [0, 0.05) is 35.7 Å². The Bertz CT molecular complexity index is 719. The first-order valence-corrected chi connectivity index (χ1v) is 6.35. The fourth-order valence-electron chi connectivity index (χ4n) is 2.02. The molecule has 0 aliphatic rings. The van der Waals surface area contributed by atoms with E-state index in [9.17, 15) is 0 Å². The van der Waals surface area contributed by atoms with Gasteiger partial charge >= 0.3 is 0 Å². The molecule has 0 bridgehead atoms. The minimum absolute atomic E-state index is 0.733. The van der Waals surface area contributed by atoms with Crippen molar-refractivity contribution in [1.29, 1.82) is 0 Å². The van der Waals surface area contributed by atoms with Crippen molar-refractivity contribution in [2.75, 3.05) is 0 Å². The highest BCUT2D eigenvalue weighted by Gasteiger charge is 2.12. The number of aryl methyl sites for hydroxylation is 2. The second-order valence-corrected chi connectivity index (χ2v) is 5.01. The molecule has 0 saturated heterocycles. The van der Waals surface area contributed by atoms with Gasteiger partial charge in [0.15, 0.2) is 5.82 Å². The number of rotatable bonds is 1. The number of aromatic nitrogens is 4. The lowest BCUT2D eigenvalue weighted by Crippen LogP contribution is -1.96.